The van der Waals surface area contributed by atoms with Crippen molar-refractivity contribution >= 4 is 34.5 Å². The summed E-state index contributed by atoms with van der Waals surface area (Å²) < 4.78 is 5.62. The van der Waals surface area contributed by atoms with E-state index in [1.165, 1.54) is 18.2 Å². The molecule has 0 radical (unpaired) electrons. The lowest BCUT2D eigenvalue weighted by atomic mass is 9.70. The second-order valence-electron chi connectivity index (χ2n) is 7.82. The van der Waals surface area contributed by atoms with Crippen LogP contribution in [0.1, 0.15) is 40.0 Å². The summed E-state index contributed by atoms with van der Waals surface area (Å²) >= 11 is 1.29. The first-order valence-electron chi connectivity index (χ1n) is 8.74. The third-order valence-electron chi connectivity index (χ3n) is 6.43. The highest BCUT2D eigenvalue weighted by Crippen LogP contribution is 2.63. The van der Waals surface area contributed by atoms with Gasteiger partial charge in [-0.3, -0.25) is 4.79 Å². The van der Waals surface area contributed by atoms with Crippen molar-refractivity contribution in [2.75, 3.05) is 5.75 Å². The number of amides is 1. The molecule has 0 spiro atoms. The van der Waals surface area contributed by atoms with Gasteiger partial charge in [0.25, 0.3) is 11.1 Å². The van der Waals surface area contributed by atoms with Crippen LogP contribution in [-0.2, 0) is 4.79 Å². The zero-order chi connectivity index (χ0) is 17.7. The first-order chi connectivity index (χ1) is 11.9. The summed E-state index contributed by atoms with van der Waals surface area (Å²) in [5, 5.41) is 4.99. The van der Waals surface area contributed by atoms with Gasteiger partial charge in [0.1, 0.15) is 5.52 Å². The van der Waals surface area contributed by atoms with E-state index in [-0.39, 0.29) is 22.5 Å². The molecule has 2 atom stereocenters. The Morgan fingerprint density at radius 3 is 2.88 bits per heavy atom. The SMILES string of the molecule is CC12CCC(C/C1=N\NC(=O)CSc1nc3ccccc3o1)C2(C)C. The summed E-state index contributed by atoms with van der Waals surface area (Å²) in [6.07, 6.45) is 3.43. The van der Waals surface area contributed by atoms with Crippen LogP contribution in [0, 0.1) is 16.7 Å². The van der Waals surface area contributed by atoms with Gasteiger partial charge >= 0.3 is 0 Å². The van der Waals surface area contributed by atoms with Crippen molar-refractivity contribution in [2.24, 2.45) is 21.8 Å². The number of nitrogens with zero attached hydrogens (tertiary/aromatic N) is 2. The molecule has 1 heterocycles. The Morgan fingerprint density at radius 1 is 1.40 bits per heavy atom. The zero-order valence-electron chi connectivity index (χ0n) is 14.8. The largest absolute Gasteiger partial charge is 0.431 e. The molecule has 2 fully saturated rings. The molecule has 2 bridgehead atoms. The van der Waals surface area contributed by atoms with E-state index in [1.807, 2.05) is 24.3 Å². The van der Waals surface area contributed by atoms with Crippen molar-refractivity contribution in [1.29, 1.82) is 0 Å². The van der Waals surface area contributed by atoms with Crippen LogP contribution in [0.5, 0.6) is 0 Å². The van der Waals surface area contributed by atoms with Crippen LogP contribution in [0.4, 0.5) is 0 Å². The Bertz CT molecular complexity index is 824. The van der Waals surface area contributed by atoms with Crippen LogP contribution >= 0.6 is 11.8 Å². The number of thioether (sulfide) groups is 1. The van der Waals surface area contributed by atoms with Gasteiger partial charge in [-0.1, -0.05) is 44.7 Å². The first kappa shape index (κ1) is 16.6. The average Bonchev–Trinajstić information content (AvgIpc) is 3.16. The Balaban J connectivity index is 1.37. The molecule has 1 N–H and O–H groups in total. The number of benzene rings is 1. The van der Waals surface area contributed by atoms with Crippen molar-refractivity contribution in [2.45, 2.75) is 45.3 Å². The second kappa shape index (κ2) is 5.87. The molecule has 1 aromatic carbocycles. The summed E-state index contributed by atoms with van der Waals surface area (Å²) in [5.41, 5.74) is 5.81. The number of hydrazone groups is 1. The molecule has 2 saturated carbocycles. The fourth-order valence-electron chi connectivity index (χ4n) is 4.30. The predicted octanol–water partition coefficient (Wildman–Crippen LogP) is 4.24. The van der Waals surface area contributed by atoms with Crippen molar-refractivity contribution in [1.82, 2.24) is 10.4 Å². The van der Waals surface area contributed by atoms with Gasteiger partial charge in [0.05, 0.1) is 5.75 Å². The molecule has 132 valence electrons. The minimum absolute atomic E-state index is 0.110. The molecule has 2 aliphatic carbocycles. The summed E-state index contributed by atoms with van der Waals surface area (Å²) in [5.74, 6) is 0.804. The predicted molar refractivity (Wildman–Crippen MR) is 99.5 cm³/mol. The highest BCUT2D eigenvalue weighted by Gasteiger charge is 2.59. The van der Waals surface area contributed by atoms with E-state index in [9.17, 15) is 4.79 Å². The van der Waals surface area contributed by atoms with Gasteiger partial charge < -0.3 is 4.42 Å². The molecule has 5 nitrogen and oxygen atoms in total. The van der Waals surface area contributed by atoms with Gasteiger partial charge in [-0.05, 0) is 42.7 Å². The van der Waals surface area contributed by atoms with Crippen molar-refractivity contribution in [3.63, 3.8) is 0 Å². The molecule has 0 saturated heterocycles. The normalized spacial score (nSPS) is 28.8. The Labute approximate surface area is 151 Å². The third kappa shape index (κ3) is 2.67. The van der Waals surface area contributed by atoms with Gasteiger partial charge in [0.15, 0.2) is 5.58 Å². The maximum Gasteiger partial charge on any atom is 0.257 e. The van der Waals surface area contributed by atoms with E-state index >= 15 is 0 Å². The highest BCUT2D eigenvalue weighted by atomic mass is 32.2. The number of para-hydroxylation sites is 2. The molecule has 2 aliphatic rings. The summed E-state index contributed by atoms with van der Waals surface area (Å²) in [6, 6.07) is 7.59. The van der Waals surface area contributed by atoms with Crippen molar-refractivity contribution < 1.29 is 9.21 Å². The molecule has 2 aromatic rings. The molecule has 0 aliphatic heterocycles. The topological polar surface area (TPSA) is 67.5 Å². The third-order valence-corrected chi connectivity index (χ3v) is 7.26. The van der Waals surface area contributed by atoms with E-state index < -0.39 is 0 Å². The van der Waals surface area contributed by atoms with Crippen LogP contribution < -0.4 is 5.43 Å². The Morgan fingerprint density at radius 2 is 2.20 bits per heavy atom. The number of hydrogen-bond donors (Lipinski definition) is 1. The monoisotopic (exact) mass is 357 g/mol. The fourth-order valence-corrected chi connectivity index (χ4v) is 4.93. The van der Waals surface area contributed by atoms with Gasteiger partial charge in [0.2, 0.25) is 0 Å². The number of hydrogen-bond acceptors (Lipinski definition) is 5. The molecule has 1 amide bonds. The molecule has 2 unspecified atom stereocenters. The number of nitrogens with one attached hydrogen (secondary N) is 1. The van der Waals surface area contributed by atoms with Crippen LogP contribution in [0.2, 0.25) is 0 Å². The number of aromatic nitrogens is 1. The number of carbonyl (C=O) groups excluding carboxylic acids is 1. The van der Waals surface area contributed by atoms with Gasteiger partial charge in [-0.25, -0.2) is 10.4 Å². The van der Waals surface area contributed by atoms with Crippen LogP contribution in [-0.4, -0.2) is 22.4 Å². The Kier molecular flexibility index (Phi) is 3.90. The smallest absolute Gasteiger partial charge is 0.257 e. The van der Waals surface area contributed by atoms with Gasteiger partial charge in [0, 0.05) is 11.1 Å². The van der Waals surface area contributed by atoms with Crippen LogP contribution in [0.25, 0.3) is 11.1 Å². The molecule has 1 aromatic heterocycles. The second-order valence-corrected chi connectivity index (χ2v) is 8.75. The summed E-state index contributed by atoms with van der Waals surface area (Å²) in [6.45, 7) is 6.95. The maximum absolute atomic E-state index is 12.2. The van der Waals surface area contributed by atoms with Crippen LogP contribution in [0.3, 0.4) is 0 Å². The van der Waals surface area contributed by atoms with Crippen molar-refractivity contribution in [3.05, 3.63) is 24.3 Å². The molecular weight excluding hydrogens is 334 g/mol. The fraction of sp³-hybridized carbons (Fsp3) is 0.526. The quantitative estimate of drug-likeness (QED) is 0.656. The highest BCUT2D eigenvalue weighted by molar-refractivity contribution is 7.99. The van der Waals surface area contributed by atoms with E-state index in [4.69, 9.17) is 4.42 Å². The first-order valence-corrected chi connectivity index (χ1v) is 9.73. The summed E-state index contributed by atoms with van der Waals surface area (Å²) in [4.78, 5) is 16.5. The number of fused-ring (bicyclic) bond motifs is 3. The Hall–Kier alpha value is -1.82. The maximum atomic E-state index is 12.2. The average molecular weight is 357 g/mol. The molecule has 25 heavy (non-hydrogen) atoms. The van der Waals surface area contributed by atoms with E-state index in [2.05, 4.69) is 36.3 Å². The summed E-state index contributed by atoms with van der Waals surface area (Å²) in [7, 11) is 0. The van der Waals surface area contributed by atoms with E-state index in [1.54, 1.807) is 0 Å². The molecular formula is C19H23N3O2S. The minimum atomic E-state index is -0.121. The van der Waals surface area contributed by atoms with Crippen LogP contribution in [0.15, 0.2) is 39.0 Å². The number of rotatable bonds is 4. The van der Waals surface area contributed by atoms with E-state index in [0.717, 1.165) is 29.7 Å². The molecule has 4 rings (SSSR count). The van der Waals surface area contributed by atoms with Crippen molar-refractivity contribution in [3.8, 4) is 0 Å². The van der Waals surface area contributed by atoms with Gasteiger partial charge in [-0.15, -0.1) is 0 Å². The standard InChI is InChI=1S/C19H23N3O2S/c1-18(2)12-8-9-19(18,3)15(10-12)21-22-16(23)11-25-17-20-13-6-4-5-7-14(13)24-17/h4-7,12H,8-11H2,1-3H3,(H,22,23)/b21-15+. The minimum Gasteiger partial charge on any atom is -0.431 e. The van der Waals surface area contributed by atoms with E-state index in [0.29, 0.717) is 11.1 Å². The lowest BCUT2D eigenvalue weighted by Gasteiger charge is -2.34. The zero-order valence-corrected chi connectivity index (χ0v) is 15.7. The molecule has 6 heteroatoms. The number of carbonyl (C=O) groups is 1. The number of oxazole rings is 1. The van der Waals surface area contributed by atoms with Gasteiger partial charge in [-0.2, -0.15) is 5.10 Å². The lowest BCUT2D eigenvalue weighted by molar-refractivity contribution is -0.118. The lowest BCUT2D eigenvalue weighted by Crippen LogP contribution is -2.34.